The minimum atomic E-state index is -4.53. The molecule has 2 aromatic heterocycles. The Balaban J connectivity index is 1.76. The number of benzene rings is 1. The normalized spacial score (nSPS) is 11.8. The zero-order valence-electron chi connectivity index (χ0n) is 17.9. The molecule has 0 aliphatic carbocycles. The number of nitrogens with zero attached hydrogens (tertiary/aromatic N) is 3. The summed E-state index contributed by atoms with van der Waals surface area (Å²) in [5.74, 6) is -0.348. The van der Waals surface area contributed by atoms with Gasteiger partial charge >= 0.3 is 12.8 Å². The Bertz CT molecular complexity index is 1170. The van der Waals surface area contributed by atoms with Gasteiger partial charge in [-0.2, -0.15) is 31.7 Å². The predicted molar refractivity (Wildman–Crippen MR) is 113 cm³/mol. The first-order valence-electron chi connectivity index (χ1n) is 9.88. The summed E-state index contributed by atoms with van der Waals surface area (Å²) >= 11 is 0. The summed E-state index contributed by atoms with van der Waals surface area (Å²) in [5, 5.41) is 6.73. The Morgan fingerprint density at radius 2 is 1.94 bits per heavy atom. The number of carbonyl (C=O) groups excluding carboxylic acids is 1. The van der Waals surface area contributed by atoms with E-state index in [-0.39, 0.29) is 29.7 Å². The molecule has 3 aromatic rings. The number of aromatic nitrogens is 3. The smallest absolute Gasteiger partial charge is 0.417 e. The number of nitrogens with one attached hydrogen (secondary N) is 1. The minimum Gasteiger partial charge on any atom is -0.490 e. The van der Waals surface area contributed by atoms with Crippen LogP contribution in [0.5, 0.6) is 11.5 Å². The summed E-state index contributed by atoms with van der Waals surface area (Å²) in [6.07, 6.45) is -1.24. The van der Waals surface area contributed by atoms with E-state index in [0.29, 0.717) is 17.5 Å². The third-order valence-electron chi connectivity index (χ3n) is 4.29. The monoisotopic (exact) mass is 482 g/mol. The lowest BCUT2D eigenvalue weighted by molar-refractivity contribution is -0.137. The summed E-state index contributed by atoms with van der Waals surface area (Å²) in [7, 11) is 0. The Morgan fingerprint density at radius 3 is 2.56 bits per heavy atom. The number of carbonyl (C=O) groups is 1. The van der Waals surface area contributed by atoms with Gasteiger partial charge in [-0.1, -0.05) is 6.07 Å². The Kier molecular flexibility index (Phi) is 7.49. The summed E-state index contributed by atoms with van der Waals surface area (Å²) < 4.78 is 74.3. The van der Waals surface area contributed by atoms with Crippen LogP contribution in [0.4, 0.5) is 27.8 Å². The molecule has 0 atom stereocenters. The van der Waals surface area contributed by atoms with Crippen LogP contribution in [-0.2, 0) is 11.0 Å². The van der Waals surface area contributed by atoms with E-state index in [1.54, 1.807) is 13.8 Å². The van der Waals surface area contributed by atoms with Crippen LogP contribution in [0.15, 0.2) is 48.7 Å². The molecule has 0 unspecified atom stereocenters. The van der Waals surface area contributed by atoms with Crippen molar-refractivity contribution in [1.82, 2.24) is 14.8 Å². The Labute approximate surface area is 190 Å². The van der Waals surface area contributed by atoms with Crippen molar-refractivity contribution < 1.29 is 36.2 Å². The highest BCUT2D eigenvalue weighted by atomic mass is 19.4. The average Bonchev–Trinajstić information content (AvgIpc) is 3.13. The highest BCUT2D eigenvalue weighted by Crippen LogP contribution is 2.31. The van der Waals surface area contributed by atoms with Crippen molar-refractivity contribution in [2.45, 2.75) is 26.6 Å². The van der Waals surface area contributed by atoms with Crippen molar-refractivity contribution in [1.29, 1.82) is 0 Å². The van der Waals surface area contributed by atoms with Gasteiger partial charge in [0, 0.05) is 18.3 Å². The highest BCUT2D eigenvalue weighted by Gasteiger charge is 2.30. The second-order valence-electron chi connectivity index (χ2n) is 6.83. The molecule has 7 nitrogen and oxygen atoms in total. The second-order valence-corrected chi connectivity index (χ2v) is 6.83. The third-order valence-corrected chi connectivity index (χ3v) is 4.29. The first-order valence-corrected chi connectivity index (χ1v) is 9.88. The first kappa shape index (κ1) is 24.7. The van der Waals surface area contributed by atoms with Crippen LogP contribution < -0.4 is 14.8 Å². The molecular formula is C22H19F5N4O3. The van der Waals surface area contributed by atoms with Crippen LogP contribution in [-0.4, -0.2) is 33.9 Å². The molecule has 0 radical (unpaired) electrons. The van der Waals surface area contributed by atoms with Crippen molar-refractivity contribution in [3.63, 3.8) is 0 Å². The van der Waals surface area contributed by atoms with E-state index in [0.717, 1.165) is 12.1 Å². The van der Waals surface area contributed by atoms with Crippen molar-refractivity contribution in [2.75, 3.05) is 11.9 Å². The number of hydrogen-bond donors (Lipinski definition) is 1. The maximum absolute atomic E-state index is 12.8. The quantitative estimate of drug-likeness (QED) is 0.351. The molecule has 0 saturated heterocycles. The van der Waals surface area contributed by atoms with E-state index in [4.69, 9.17) is 4.74 Å². The van der Waals surface area contributed by atoms with Gasteiger partial charge in [-0.15, -0.1) is 0 Å². The van der Waals surface area contributed by atoms with Crippen LogP contribution >= 0.6 is 0 Å². The number of alkyl halides is 5. The van der Waals surface area contributed by atoms with Gasteiger partial charge in [0.25, 0.3) is 0 Å². The second kappa shape index (κ2) is 10.3. The largest absolute Gasteiger partial charge is 0.490 e. The molecular weight excluding hydrogens is 463 g/mol. The van der Waals surface area contributed by atoms with Gasteiger partial charge in [-0.3, -0.25) is 4.79 Å². The van der Waals surface area contributed by atoms with Gasteiger partial charge < -0.3 is 14.8 Å². The number of anilines is 1. The van der Waals surface area contributed by atoms with Gasteiger partial charge in [-0.05, 0) is 49.8 Å². The lowest BCUT2D eigenvalue weighted by atomic mass is 10.2. The van der Waals surface area contributed by atoms with Crippen LogP contribution in [0, 0.1) is 6.92 Å². The van der Waals surface area contributed by atoms with Crippen LogP contribution in [0.25, 0.3) is 11.9 Å². The molecule has 0 aliphatic heterocycles. The molecule has 180 valence electrons. The molecule has 0 bridgehead atoms. The van der Waals surface area contributed by atoms with E-state index in [2.05, 4.69) is 20.1 Å². The van der Waals surface area contributed by atoms with E-state index >= 15 is 0 Å². The fourth-order valence-corrected chi connectivity index (χ4v) is 2.87. The molecule has 34 heavy (non-hydrogen) atoms. The lowest BCUT2D eigenvalue weighted by Crippen LogP contribution is -2.13. The molecule has 12 heteroatoms. The molecule has 1 aromatic carbocycles. The molecule has 0 saturated carbocycles. The lowest BCUT2D eigenvalue weighted by Gasteiger charge is -2.11. The molecule has 2 heterocycles. The van der Waals surface area contributed by atoms with E-state index in [9.17, 15) is 26.7 Å². The topological polar surface area (TPSA) is 78.3 Å². The van der Waals surface area contributed by atoms with E-state index in [1.807, 2.05) is 0 Å². The highest BCUT2D eigenvalue weighted by molar-refractivity contribution is 6.01. The fourth-order valence-electron chi connectivity index (χ4n) is 2.87. The Morgan fingerprint density at radius 1 is 1.18 bits per heavy atom. The minimum absolute atomic E-state index is 0.0800. The maximum atomic E-state index is 12.8. The first-order chi connectivity index (χ1) is 16.1. The zero-order chi connectivity index (χ0) is 24.9. The summed E-state index contributed by atoms with van der Waals surface area (Å²) in [6.45, 7) is 0.524. The maximum Gasteiger partial charge on any atom is 0.417 e. The van der Waals surface area contributed by atoms with E-state index in [1.165, 1.54) is 41.1 Å². The number of rotatable bonds is 8. The third kappa shape index (κ3) is 6.30. The van der Waals surface area contributed by atoms with Gasteiger partial charge in [0.05, 0.1) is 17.9 Å². The summed E-state index contributed by atoms with van der Waals surface area (Å²) in [6, 6.07) is 7.72. The molecule has 1 N–H and O–H groups in total. The van der Waals surface area contributed by atoms with Crippen LogP contribution in [0.2, 0.25) is 0 Å². The SMILES string of the molecule is CCOc1cc(/C=C/C(=O)Nc2cc(C)nn2-c2ccc(C(F)(F)F)cn2)ccc1OC(F)F. The molecule has 3 rings (SSSR count). The number of aryl methyl sites for hydroxylation is 1. The van der Waals surface area contributed by atoms with Crippen LogP contribution in [0.1, 0.15) is 23.7 Å². The summed E-state index contributed by atoms with van der Waals surface area (Å²) in [5.41, 5.74) is 0.0660. The van der Waals surface area contributed by atoms with Crippen LogP contribution in [0.3, 0.4) is 0 Å². The van der Waals surface area contributed by atoms with E-state index < -0.39 is 24.3 Å². The Hall–Kier alpha value is -3.96. The number of hydrogen-bond acceptors (Lipinski definition) is 5. The zero-order valence-corrected chi connectivity index (χ0v) is 17.9. The number of halogens is 5. The average molecular weight is 482 g/mol. The van der Waals surface area contributed by atoms with Gasteiger partial charge in [0.1, 0.15) is 5.82 Å². The van der Waals surface area contributed by atoms with Gasteiger partial charge in [0.15, 0.2) is 17.3 Å². The van der Waals surface area contributed by atoms with Crippen molar-refractivity contribution in [3.05, 3.63) is 65.5 Å². The number of pyridine rings is 1. The standard InChI is InChI=1S/C22H19F5N4O3/c1-3-33-17-11-14(4-7-16(17)34-21(23)24)5-9-20(32)29-19-10-13(2)30-31(19)18-8-6-15(12-28-18)22(25,26)27/h4-12,21H,3H2,1-2H3,(H,29,32)/b9-5+. The van der Waals surface area contributed by atoms with Gasteiger partial charge in [0.2, 0.25) is 5.91 Å². The van der Waals surface area contributed by atoms with Crippen molar-refractivity contribution >= 4 is 17.8 Å². The predicted octanol–water partition coefficient (Wildman–Crippen LogP) is 5.25. The van der Waals surface area contributed by atoms with Gasteiger partial charge in [-0.25, -0.2) is 4.98 Å². The fraction of sp³-hybridized carbons (Fsp3) is 0.227. The molecule has 0 spiro atoms. The molecule has 0 fully saturated rings. The van der Waals surface area contributed by atoms with Crippen molar-refractivity contribution in [2.24, 2.45) is 0 Å². The van der Waals surface area contributed by atoms with Crippen molar-refractivity contribution in [3.8, 4) is 17.3 Å². The number of amides is 1. The molecule has 0 aliphatic rings. The summed E-state index contributed by atoms with van der Waals surface area (Å²) in [4.78, 5) is 16.2. The number of ether oxygens (including phenoxy) is 2. The molecule has 1 amide bonds.